The van der Waals surface area contributed by atoms with Crippen molar-refractivity contribution in [1.82, 2.24) is 9.88 Å². The zero-order chi connectivity index (χ0) is 12.4. The molecule has 2 fully saturated rings. The highest BCUT2D eigenvalue weighted by atomic mass is 16.3. The standard InChI is InChI=1S/C14H21N3O/c18-13-5-3-4-12(13)16-8-10-17(11-9-16)14-6-1-2-7-15-14/h1-2,6-7,12-13,18H,3-5,8-11H2/t12-,13-/m0/s1. The first kappa shape index (κ1) is 11.9. The summed E-state index contributed by atoms with van der Waals surface area (Å²) in [6.07, 6.45) is 5.05. The summed E-state index contributed by atoms with van der Waals surface area (Å²) in [6, 6.07) is 6.46. The van der Waals surface area contributed by atoms with Gasteiger partial charge in [0.2, 0.25) is 0 Å². The number of aliphatic hydroxyl groups is 1. The van der Waals surface area contributed by atoms with Gasteiger partial charge in [-0.25, -0.2) is 4.98 Å². The summed E-state index contributed by atoms with van der Waals surface area (Å²) in [6.45, 7) is 4.11. The van der Waals surface area contributed by atoms with Crippen LogP contribution in [0.5, 0.6) is 0 Å². The number of aliphatic hydroxyl groups excluding tert-OH is 1. The van der Waals surface area contributed by atoms with Crippen LogP contribution in [-0.4, -0.2) is 53.3 Å². The van der Waals surface area contributed by atoms with Gasteiger partial charge in [-0.15, -0.1) is 0 Å². The molecule has 2 atom stereocenters. The van der Waals surface area contributed by atoms with E-state index in [9.17, 15) is 5.11 Å². The fourth-order valence-electron chi connectivity index (χ4n) is 3.17. The van der Waals surface area contributed by atoms with Crippen LogP contribution in [0, 0.1) is 0 Å². The predicted molar refractivity (Wildman–Crippen MR) is 71.7 cm³/mol. The van der Waals surface area contributed by atoms with Crippen LogP contribution < -0.4 is 4.90 Å². The van der Waals surface area contributed by atoms with E-state index in [2.05, 4.69) is 20.9 Å². The van der Waals surface area contributed by atoms with E-state index in [0.717, 1.165) is 44.8 Å². The number of aromatic nitrogens is 1. The minimum absolute atomic E-state index is 0.105. The van der Waals surface area contributed by atoms with E-state index in [-0.39, 0.29) is 6.10 Å². The van der Waals surface area contributed by atoms with Crippen molar-refractivity contribution in [2.45, 2.75) is 31.4 Å². The summed E-state index contributed by atoms with van der Waals surface area (Å²) in [7, 11) is 0. The normalized spacial score (nSPS) is 29.7. The average Bonchev–Trinajstić information content (AvgIpc) is 2.86. The highest BCUT2D eigenvalue weighted by Gasteiger charge is 2.32. The summed E-state index contributed by atoms with van der Waals surface area (Å²) in [5.74, 6) is 1.07. The molecular weight excluding hydrogens is 226 g/mol. The molecule has 1 saturated carbocycles. The van der Waals surface area contributed by atoms with Crippen LogP contribution in [0.15, 0.2) is 24.4 Å². The lowest BCUT2D eigenvalue weighted by Crippen LogP contribution is -2.52. The maximum Gasteiger partial charge on any atom is 0.128 e. The zero-order valence-electron chi connectivity index (χ0n) is 10.7. The molecule has 2 aliphatic rings. The Bertz CT molecular complexity index is 376. The van der Waals surface area contributed by atoms with Crippen LogP contribution in [0.2, 0.25) is 0 Å². The number of pyridine rings is 1. The predicted octanol–water partition coefficient (Wildman–Crippen LogP) is 1.12. The van der Waals surface area contributed by atoms with Gasteiger partial charge in [0, 0.05) is 38.4 Å². The molecule has 0 aromatic carbocycles. The van der Waals surface area contributed by atoms with E-state index in [0.29, 0.717) is 6.04 Å². The van der Waals surface area contributed by atoms with Gasteiger partial charge in [0.15, 0.2) is 0 Å². The van der Waals surface area contributed by atoms with Gasteiger partial charge >= 0.3 is 0 Å². The van der Waals surface area contributed by atoms with Crippen LogP contribution in [0.4, 0.5) is 5.82 Å². The molecular formula is C14H21N3O. The van der Waals surface area contributed by atoms with Crippen molar-refractivity contribution in [3.8, 4) is 0 Å². The first-order chi connectivity index (χ1) is 8.84. The number of nitrogens with zero attached hydrogens (tertiary/aromatic N) is 3. The van der Waals surface area contributed by atoms with E-state index in [1.54, 1.807) is 0 Å². The third-order valence-electron chi connectivity index (χ3n) is 4.20. The Labute approximate surface area is 108 Å². The molecule has 2 heterocycles. The zero-order valence-corrected chi connectivity index (χ0v) is 10.7. The smallest absolute Gasteiger partial charge is 0.128 e. The van der Waals surface area contributed by atoms with Crippen molar-refractivity contribution >= 4 is 5.82 Å². The number of rotatable bonds is 2. The molecule has 0 spiro atoms. The van der Waals surface area contributed by atoms with Crippen LogP contribution >= 0.6 is 0 Å². The lowest BCUT2D eigenvalue weighted by atomic mass is 10.1. The highest BCUT2D eigenvalue weighted by Crippen LogP contribution is 2.25. The Balaban J connectivity index is 1.58. The van der Waals surface area contributed by atoms with Gasteiger partial charge in [-0.05, 0) is 31.4 Å². The van der Waals surface area contributed by atoms with E-state index >= 15 is 0 Å². The van der Waals surface area contributed by atoms with Crippen molar-refractivity contribution in [3.63, 3.8) is 0 Å². The first-order valence-corrected chi connectivity index (χ1v) is 6.93. The monoisotopic (exact) mass is 247 g/mol. The molecule has 0 unspecified atom stereocenters. The van der Waals surface area contributed by atoms with E-state index in [1.165, 1.54) is 6.42 Å². The molecule has 0 amide bonds. The molecule has 1 aliphatic carbocycles. The molecule has 3 rings (SSSR count). The van der Waals surface area contributed by atoms with Crippen LogP contribution in [-0.2, 0) is 0 Å². The van der Waals surface area contributed by atoms with Crippen LogP contribution in [0.3, 0.4) is 0 Å². The molecule has 0 radical (unpaired) electrons. The minimum Gasteiger partial charge on any atom is -0.391 e. The number of piperazine rings is 1. The third-order valence-corrected chi connectivity index (χ3v) is 4.20. The molecule has 1 aromatic rings. The maximum atomic E-state index is 9.96. The summed E-state index contributed by atoms with van der Waals surface area (Å²) in [5.41, 5.74) is 0. The Morgan fingerprint density at radius 3 is 2.56 bits per heavy atom. The van der Waals surface area contributed by atoms with Gasteiger partial charge < -0.3 is 10.0 Å². The SMILES string of the molecule is O[C@H]1CCC[C@@H]1N1CCN(c2ccccn2)CC1. The molecule has 4 nitrogen and oxygen atoms in total. The topological polar surface area (TPSA) is 39.6 Å². The maximum absolute atomic E-state index is 9.96. The Morgan fingerprint density at radius 2 is 1.94 bits per heavy atom. The van der Waals surface area contributed by atoms with E-state index in [4.69, 9.17) is 0 Å². The van der Waals surface area contributed by atoms with E-state index < -0.39 is 0 Å². The van der Waals surface area contributed by atoms with Crippen LogP contribution in [0.25, 0.3) is 0 Å². The quantitative estimate of drug-likeness (QED) is 0.850. The van der Waals surface area contributed by atoms with Gasteiger partial charge in [0.05, 0.1) is 6.10 Å². The summed E-state index contributed by atoms with van der Waals surface area (Å²) in [5, 5.41) is 9.96. The minimum atomic E-state index is -0.105. The van der Waals surface area contributed by atoms with Gasteiger partial charge in [0.25, 0.3) is 0 Å². The Kier molecular flexibility index (Phi) is 3.48. The van der Waals surface area contributed by atoms with Gasteiger partial charge in [-0.3, -0.25) is 4.90 Å². The second kappa shape index (κ2) is 5.24. The Hall–Kier alpha value is -1.13. The lowest BCUT2D eigenvalue weighted by molar-refractivity contribution is 0.0671. The first-order valence-electron chi connectivity index (χ1n) is 6.93. The highest BCUT2D eigenvalue weighted by molar-refractivity contribution is 5.38. The van der Waals surface area contributed by atoms with E-state index in [1.807, 2.05) is 18.3 Å². The molecule has 1 saturated heterocycles. The van der Waals surface area contributed by atoms with Crippen molar-refractivity contribution in [2.75, 3.05) is 31.1 Å². The molecule has 1 aromatic heterocycles. The van der Waals surface area contributed by atoms with Gasteiger partial charge in [0.1, 0.15) is 5.82 Å². The van der Waals surface area contributed by atoms with Crippen molar-refractivity contribution in [3.05, 3.63) is 24.4 Å². The van der Waals surface area contributed by atoms with Crippen molar-refractivity contribution in [2.24, 2.45) is 0 Å². The van der Waals surface area contributed by atoms with Gasteiger partial charge in [-0.1, -0.05) is 6.07 Å². The second-order valence-corrected chi connectivity index (χ2v) is 5.28. The number of hydrogen-bond donors (Lipinski definition) is 1. The number of anilines is 1. The average molecular weight is 247 g/mol. The molecule has 18 heavy (non-hydrogen) atoms. The molecule has 0 bridgehead atoms. The Morgan fingerprint density at radius 1 is 1.11 bits per heavy atom. The fourth-order valence-corrected chi connectivity index (χ4v) is 3.17. The fraction of sp³-hybridized carbons (Fsp3) is 0.643. The van der Waals surface area contributed by atoms with Crippen LogP contribution in [0.1, 0.15) is 19.3 Å². The molecule has 98 valence electrons. The van der Waals surface area contributed by atoms with Gasteiger partial charge in [-0.2, -0.15) is 0 Å². The summed E-state index contributed by atoms with van der Waals surface area (Å²) in [4.78, 5) is 9.18. The largest absolute Gasteiger partial charge is 0.391 e. The van der Waals surface area contributed by atoms with Crippen molar-refractivity contribution in [1.29, 1.82) is 0 Å². The molecule has 1 aliphatic heterocycles. The molecule has 1 N–H and O–H groups in total. The lowest BCUT2D eigenvalue weighted by Gasteiger charge is -2.39. The molecule has 4 heteroatoms. The summed E-state index contributed by atoms with van der Waals surface area (Å²) >= 11 is 0. The number of hydrogen-bond acceptors (Lipinski definition) is 4. The second-order valence-electron chi connectivity index (χ2n) is 5.28. The third kappa shape index (κ3) is 2.35. The summed E-state index contributed by atoms with van der Waals surface area (Å²) < 4.78 is 0. The van der Waals surface area contributed by atoms with Crippen molar-refractivity contribution < 1.29 is 5.11 Å².